The lowest BCUT2D eigenvalue weighted by Gasteiger charge is -2.48. The Hall–Kier alpha value is -1.13. The molecule has 20 heavy (non-hydrogen) atoms. The van der Waals surface area contributed by atoms with Gasteiger partial charge in [-0.2, -0.15) is 0 Å². The van der Waals surface area contributed by atoms with E-state index in [9.17, 15) is 9.50 Å². The van der Waals surface area contributed by atoms with Gasteiger partial charge in [0, 0.05) is 31.2 Å². The third kappa shape index (κ3) is 2.42. The zero-order valence-corrected chi connectivity index (χ0v) is 11.8. The summed E-state index contributed by atoms with van der Waals surface area (Å²) in [5.41, 5.74) is 7.15. The maximum absolute atomic E-state index is 13.3. The van der Waals surface area contributed by atoms with Crippen molar-refractivity contribution in [2.75, 3.05) is 18.0 Å². The molecule has 1 aromatic rings. The molecule has 4 heteroatoms. The van der Waals surface area contributed by atoms with Crippen LogP contribution in [0.4, 0.5) is 10.1 Å². The van der Waals surface area contributed by atoms with E-state index in [-0.39, 0.29) is 5.82 Å². The van der Waals surface area contributed by atoms with Gasteiger partial charge < -0.3 is 15.7 Å². The van der Waals surface area contributed by atoms with E-state index < -0.39 is 5.60 Å². The Bertz CT molecular complexity index is 493. The summed E-state index contributed by atoms with van der Waals surface area (Å²) < 4.78 is 13.3. The normalized spacial score (nSPS) is 30.1. The van der Waals surface area contributed by atoms with Gasteiger partial charge in [0.15, 0.2) is 0 Å². The molecule has 2 fully saturated rings. The van der Waals surface area contributed by atoms with E-state index in [0.29, 0.717) is 12.5 Å². The SMILES string of the molecule is NCc1cc(F)ccc1N1CCC2(O)CCCCC2C1. The molecule has 110 valence electrons. The molecule has 0 radical (unpaired) electrons. The van der Waals surface area contributed by atoms with Crippen molar-refractivity contribution in [3.05, 3.63) is 29.6 Å². The summed E-state index contributed by atoms with van der Waals surface area (Å²) in [6.45, 7) is 2.03. The van der Waals surface area contributed by atoms with Crippen LogP contribution in [0.2, 0.25) is 0 Å². The molecule has 1 aliphatic heterocycles. The van der Waals surface area contributed by atoms with Gasteiger partial charge in [-0.25, -0.2) is 4.39 Å². The van der Waals surface area contributed by atoms with Crippen LogP contribution in [0, 0.1) is 11.7 Å². The third-order valence-corrected chi connectivity index (χ3v) is 5.03. The van der Waals surface area contributed by atoms with Gasteiger partial charge in [-0.15, -0.1) is 0 Å². The Kier molecular flexibility index (Phi) is 3.69. The number of nitrogens with zero attached hydrogens (tertiary/aromatic N) is 1. The number of nitrogens with two attached hydrogens (primary N) is 1. The van der Waals surface area contributed by atoms with Gasteiger partial charge in [-0.3, -0.25) is 0 Å². The van der Waals surface area contributed by atoms with E-state index in [0.717, 1.165) is 50.0 Å². The van der Waals surface area contributed by atoms with Crippen molar-refractivity contribution in [2.45, 2.75) is 44.2 Å². The monoisotopic (exact) mass is 278 g/mol. The van der Waals surface area contributed by atoms with Crippen molar-refractivity contribution < 1.29 is 9.50 Å². The molecule has 0 bridgehead atoms. The van der Waals surface area contributed by atoms with Crippen LogP contribution in [0.1, 0.15) is 37.7 Å². The number of fused-ring (bicyclic) bond motifs is 1. The Balaban J connectivity index is 1.82. The Morgan fingerprint density at radius 2 is 2.20 bits per heavy atom. The molecule has 1 aromatic carbocycles. The number of halogens is 1. The second kappa shape index (κ2) is 5.34. The fraction of sp³-hybridized carbons (Fsp3) is 0.625. The molecule has 2 unspecified atom stereocenters. The number of hydrogen-bond donors (Lipinski definition) is 2. The van der Waals surface area contributed by atoms with Crippen molar-refractivity contribution >= 4 is 5.69 Å². The molecule has 1 heterocycles. The second-order valence-corrected chi connectivity index (χ2v) is 6.22. The molecule has 3 N–H and O–H groups in total. The number of hydrogen-bond acceptors (Lipinski definition) is 3. The summed E-state index contributed by atoms with van der Waals surface area (Å²) in [4.78, 5) is 2.27. The molecule has 1 saturated carbocycles. The highest BCUT2D eigenvalue weighted by molar-refractivity contribution is 5.54. The second-order valence-electron chi connectivity index (χ2n) is 6.22. The van der Waals surface area contributed by atoms with Crippen molar-refractivity contribution in [2.24, 2.45) is 11.7 Å². The highest BCUT2D eigenvalue weighted by atomic mass is 19.1. The number of piperidine rings is 1. The van der Waals surface area contributed by atoms with Crippen LogP contribution in [-0.2, 0) is 6.54 Å². The van der Waals surface area contributed by atoms with E-state index in [1.807, 2.05) is 6.07 Å². The molecule has 1 aliphatic carbocycles. The van der Waals surface area contributed by atoms with E-state index in [4.69, 9.17) is 5.73 Å². The summed E-state index contributed by atoms with van der Waals surface area (Å²) in [6.07, 6.45) is 5.16. The van der Waals surface area contributed by atoms with Crippen LogP contribution >= 0.6 is 0 Å². The average molecular weight is 278 g/mol. The van der Waals surface area contributed by atoms with Gasteiger partial charge in [0.2, 0.25) is 0 Å². The summed E-state index contributed by atoms with van der Waals surface area (Å²) in [6, 6.07) is 4.85. The van der Waals surface area contributed by atoms with Gasteiger partial charge in [0.25, 0.3) is 0 Å². The van der Waals surface area contributed by atoms with Crippen LogP contribution in [0.3, 0.4) is 0 Å². The summed E-state index contributed by atoms with van der Waals surface area (Å²) >= 11 is 0. The van der Waals surface area contributed by atoms with Crippen LogP contribution < -0.4 is 10.6 Å². The minimum atomic E-state index is -0.475. The Morgan fingerprint density at radius 1 is 1.35 bits per heavy atom. The van der Waals surface area contributed by atoms with Gasteiger partial charge in [0.05, 0.1) is 5.60 Å². The number of anilines is 1. The van der Waals surface area contributed by atoms with Crippen LogP contribution in [-0.4, -0.2) is 23.8 Å². The van der Waals surface area contributed by atoms with Crippen LogP contribution in [0.15, 0.2) is 18.2 Å². The highest BCUT2D eigenvalue weighted by Gasteiger charge is 2.42. The zero-order valence-electron chi connectivity index (χ0n) is 11.8. The van der Waals surface area contributed by atoms with Crippen molar-refractivity contribution in [1.82, 2.24) is 0 Å². The quantitative estimate of drug-likeness (QED) is 0.873. The van der Waals surface area contributed by atoms with Gasteiger partial charge in [0.1, 0.15) is 5.82 Å². The predicted octanol–water partition coefficient (Wildman–Crippen LogP) is 2.42. The van der Waals surface area contributed by atoms with Crippen LogP contribution in [0.25, 0.3) is 0 Å². The number of rotatable bonds is 2. The number of benzene rings is 1. The lowest BCUT2D eigenvalue weighted by molar-refractivity contribution is -0.0612. The highest BCUT2D eigenvalue weighted by Crippen LogP contribution is 2.41. The predicted molar refractivity (Wildman–Crippen MR) is 78.0 cm³/mol. The molecule has 2 aliphatic rings. The molecule has 0 amide bonds. The zero-order chi connectivity index (χ0) is 14.2. The maximum Gasteiger partial charge on any atom is 0.123 e. The first-order valence-corrected chi connectivity index (χ1v) is 7.58. The maximum atomic E-state index is 13.3. The molecule has 0 aromatic heterocycles. The van der Waals surface area contributed by atoms with E-state index in [1.54, 1.807) is 0 Å². The number of aliphatic hydroxyl groups is 1. The third-order valence-electron chi connectivity index (χ3n) is 5.03. The van der Waals surface area contributed by atoms with Crippen molar-refractivity contribution in [3.8, 4) is 0 Å². The fourth-order valence-corrected chi connectivity index (χ4v) is 3.82. The van der Waals surface area contributed by atoms with E-state index in [2.05, 4.69) is 4.90 Å². The average Bonchev–Trinajstić information content (AvgIpc) is 2.46. The van der Waals surface area contributed by atoms with Crippen molar-refractivity contribution in [1.29, 1.82) is 0 Å². The van der Waals surface area contributed by atoms with Gasteiger partial charge in [-0.1, -0.05) is 12.8 Å². The first kappa shape index (κ1) is 13.8. The van der Waals surface area contributed by atoms with E-state index >= 15 is 0 Å². The molecule has 0 spiro atoms. The molecular weight excluding hydrogens is 255 g/mol. The fourth-order valence-electron chi connectivity index (χ4n) is 3.82. The lowest BCUT2D eigenvalue weighted by atomic mass is 9.71. The topological polar surface area (TPSA) is 49.5 Å². The summed E-state index contributed by atoms with van der Waals surface area (Å²) in [5.74, 6) is 0.0982. The largest absolute Gasteiger partial charge is 0.389 e. The first-order valence-electron chi connectivity index (χ1n) is 7.58. The minimum Gasteiger partial charge on any atom is -0.389 e. The van der Waals surface area contributed by atoms with Crippen LogP contribution in [0.5, 0.6) is 0 Å². The van der Waals surface area contributed by atoms with E-state index in [1.165, 1.54) is 18.6 Å². The molecule has 3 rings (SSSR count). The molecular formula is C16H23FN2O. The summed E-state index contributed by atoms with van der Waals surface area (Å²) in [5, 5.41) is 10.7. The smallest absolute Gasteiger partial charge is 0.123 e. The Morgan fingerprint density at radius 3 is 3.00 bits per heavy atom. The van der Waals surface area contributed by atoms with Gasteiger partial charge >= 0.3 is 0 Å². The summed E-state index contributed by atoms with van der Waals surface area (Å²) in [7, 11) is 0. The minimum absolute atomic E-state index is 0.236. The molecule has 2 atom stereocenters. The first-order chi connectivity index (χ1) is 9.62. The van der Waals surface area contributed by atoms with Crippen molar-refractivity contribution in [3.63, 3.8) is 0 Å². The molecule has 3 nitrogen and oxygen atoms in total. The Labute approximate surface area is 119 Å². The molecule has 1 saturated heterocycles. The lowest BCUT2D eigenvalue weighted by Crippen LogP contribution is -2.53. The standard InChI is InChI=1S/C16H23FN2O/c17-14-4-5-15(12(9-14)10-18)19-8-7-16(20)6-2-1-3-13(16)11-19/h4-5,9,13,20H,1-3,6-8,10-11,18H2. The van der Waals surface area contributed by atoms with Gasteiger partial charge in [-0.05, 0) is 43.0 Å².